The summed E-state index contributed by atoms with van der Waals surface area (Å²) in [6.45, 7) is 2.76. The molecule has 2 aromatic heterocycles. The zero-order chi connectivity index (χ0) is 16.7. The molecule has 24 heavy (non-hydrogen) atoms. The minimum atomic E-state index is -0.331. The number of carbonyl (C=O) groups excluding carboxylic acids is 1. The van der Waals surface area contributed by atoms with Gasteiger partial charge in [0.25, 0.3) is 11.5 Å². The van der Waals surface area contributed by atoms with Crippen molar-refractivity contribution in [2.45, 2.75) is 57.9 Å². The van der Waals surface area contributed by atoms with Crippen molar-refractivity contribution in [1.29, 1.82) is 0 Å². The number of aromatic nitrogens is 4. The smallest absolute Gasteiger partial charge is 0.278 e. The molecule has 1 saturated carbocycles. The van der Waals surface area contributed by atoms with E-state index in [-0.39, 0.29) is 17.4 Å². The van der Waals surface area contributed by atoms with Crippen LogP contribution in [0.1, 0.15) is 66.0 Å². The van der Waals surface area contributed by atoms with Gasteiger partial charge < -0.3 is 0 Å². The molecule has 0 unspecified atom stereocenters. The third-order valence-electron chi connectivity index (χ3n) is 4.76. The quantitative estimate of drug-likeness (QED) is 0.898. The van der Waals surface area contributed by atoms with Crippen LogP contribution < -0.4 is 10.9 Å². The second-order valence-electron chi connectivity index (χ2n) is 6.55. The third-order valence-corrected chi connectivity index (χ3v) is 4.76. The van der Waals surface area contributed by atoms with Crippen LogP contribution in [0.25, 0.3) is 0 Å². The number of aryl methyl sites for hydroxylation is 2. The Hall–Kier alpha value is -2.44. The van der Waals surface area contributed by atoms with Crippen LogP contribution in [-0.4, -0.2) is 25.7 Å². The molecule has 0 atom stereocenters. The maximum absolute atomic E-state index is 12.5. The molecule has 4 rings (SSSR count). The van der Waals surface area contributed by atoms with Crippen LogP contribution in [0.5, 0.6) is 0 Å². The maximum Gasteiger partial charge on any atom is 0.278 e. The minimum absolute atomic E-state index is 0.146. The molecule has 7 heteroatoms. The Morgan fingerprint density at radius 1 is 1.38 bits per heavy atom. The van der Waals surface area contributed by atoms with Crippen molar-refractivity contribution in [2.24, 2.45) is 0 Å². The predicted molar refractivity (Wildman–Crippen MR) is 89.3 cm³/mol. The summed E-state index contributed by atoms with van der Waals surface area (Å²) < 4.78 is 1.88. The zero-order valence-corrected chi connectivity index (χ0v) is 13.8. The highest BCUT2D eigenvalue weighted by Crippen LogP contribution is 2.40. The largest absolute Gasteiger partial charge is 0.292 e. The Labute approximate surface area is 139 Å². The Morgan fingerprint density at radius 2 is 2.17 bits per heavy atom. The van der Waals surface area contributed by atoms with Crippen LogP contribution in [0.4, 0.5) is 5.95 Å². The summed E-state index contributed by atoms with van der Waals surface area (Å²) in [6.07, 6.45) is 5.92. The van der Waals surface area contributed by atoms with Crippen molar-refractivity contribution >= 4 is 11.9 Å². The van der Waals surface area contributed by atoms with Crippen LogP contribution in [0.15, 0.2) is 10.9 Å². The topological polar surface area (TPSA) is 92.7 Å². The predicted octanol–water partition coefficient (Wildman–Crippen LogP) is 1.99. The molecule has 126 valence electrons. The van der Waals surface area contributed by atoms with E-state index in [1.165, 1.54) is 0 Å². The van der Waals surface area contributed by atoms with Gasteiger partial charge in [0, 0.05) is 23.7 Å². The lowest BCUT2D eigenvalue weighted by Gasteiger charge is -2.14. The fourth-order valence-electron chi connectivity index (χ4n) is 3.34. The maximum atomic E-state index is 12.5. The molecule has 2 heterocycles. The zero-order valence-electron chi connectivity index (χ0n) is 13.8. The number of aromatic amines is 1. The van der Waals surface area contributed by atoms with Gasteiger partial charge in [-0.1, -0.05) is 0 Å². The van der Waals surface area contributed by atoms with E-state index in [1.807, 2.05) is 17.7 Å². The van der Waals surface area contributed by atoms with E-state index in [9.17, 15) is 9.59 Å². The van der Waals surface area contributed by atoms with Gasteiger partial charge in [-0.05, 0) is 51.5 Å². The van der Waals surface area contributed by atoms with Crippen LogP contribution in [0.2, 0.25) is 0 Å². The van der Waals surface area contributed by atoms with E-state index in [0.717, 1.165) is 62.0 Å². The average Bonchev–Trinajstić information content (AvgIpc) is 3.33. The first-order valence-corrected chi connectivity index (χ1v) is 8.67. The number of hydrogen-bond acceptors (Lipinski definition) is 4. The summed E-state index contributed by atoms with van der Waals surface area (Å²) in [5, 5.41) is 7.07. The van der Waals surface area contributed by atoms with Crippen molar-refractivity contribution in [1.82, 2.24) is 19.7 Å². The molecule has 7 nitrogen and oxygen atoms in total. The molecule has 0 spiro atoms. The van der Waals surface area contributed by atoms with Gasteiger partial charge in [-0.15, -0.1) is 0 Å². The summed E-state index contributed by atoms with van der Waals surface area (Å²) in [7, 11) is 0. The van der Waals surface area contributed by atoms with E-state index in [2.05, 4.69) is 20.4 Å². The van der Waals surface area contributed by atoms with E-state index in [1.54, 1.807) is 0 Å². The normalized spacial score (nSPS) is 16.7. The van der Waals surface area contributed by atoms with Crippen molar-refractivity contribution in [3.63, 3.8) is 0 Å². The summed E-state index contributed by atoms with van der Waals surface area (Å²) >= 11 is 0. The van der Waals surface area contributed by atoms with Gasteiger partial charge in [0.2, 0.25) is 5.95 Å². The number of H-pyrrole nitrogens is 1. The highest BCUT2D eigenvalue weighted by molar-refractivity contribution is 6.01. The standard InChI is InChI=1S/C17H21N5O2/c1-2-22-14(10-7-8-10)9-13(21-22)16(24)20-17-18-12-6-4-3-5-11(12)15(23)19-17/h9-10H,2-8H2,1H3,(H2,18,19,20,23,24). The Morgan fingerprint density at radius 3 is 2.92 bits per heavy atom. The average molecular weight is 327 g/mol. The van der Waals surface area contributed by atoms with Gasteiger partial charge >= 0.3 is 0 Å². The molecule has 2 aliphatic carbocycles. The monoisotopic (exact) mass is 327 g/mol. The molecular formula is C17H21N5O2. The van der Waals surface area contributed by atoms with E-state index < -0.39 is 0 Å². The number of fused-ring (bicyclic) bond motifs is 1. The SMILES string of the molecule is CCn1nc(C(=O)Nc2nc3c(c(=O)[nH]2)CCCC3)cc1C1CC1. The first kappa shape index (κ1) is 15.1. The highest BCUT2D eigenvalue weighted by Gasteiger charge is 2.29. The molecule has 2 aliphatic rings. The van der Waals surface area contributed by atoms with Crippen molar-refractivity contribution in [3.8, 4) is 0 Å². The first-order chi connectivity index (χ1) is 11.7. The molecule has 0 aromatic carbocycles. The lowest BCUT2D eigenvalue weighted by atomic mass is 9.97. The number of nitrogens with one attached hydrogen (secondary N) is 2. The molecule has 0 saturated heterocycles. The molecule has 2 aromatic rings. The van der Waals surface area contributed by atoms with E-state index in [0.29, 0.717) is 11.6 Å². The summed E-state index contributed by atoms with van der Waals surface area (Å²) in [5.41, 5.74) is 2.91. The number of anilines is 1. The van der Waals surface area contributed by atoms with Crippen molar-refractivity contribution in [3.05, 3.63) is 39.1 Å². The number of hydrogen-bond donors (Lipinski definition) is 2. The van der Waals surface area contributed by atoms with Crippen LogP contribution in [0, 0.1) is 0 Å². The Kier molecular flexibility index (Phi) is 3.70. The molecule has 1 fully saturated rings. The molecule has 1 amide bonds. The van der Waals surface area contributed by atoms with Gasteiger partial charge in [0.15, 0.2) is 5.69 Å². The van der Waals surface area contributed by atoms with E-state index >= 15 is 0 Å². The van der Waals surface area contributed by atoms with Gasteiger partial charge in [-0.3, -0.25) is 24.6 Å². The van der Waals surface area contributed by atoms with Gasteiger partial charge in [-0.25, -0.2) is 4.98 Å². The summed E-state index contributed by atoms with van der Waals surface area (Å²) in [4.78, 5) is 31.7. The molecule has 0 bridgehead atoms. The Bertz CT molecular complexity index is 847. The lowest BCUT2D eigenvalue weighted by molar-refractivity contribution is 0.102. The number of rotatable bonds is 4. The van der Waals surface area contributed by atoms with Gasteiger partial charge in [0.1, 0.15) is 0 Å². The number of carbonyl (C=O) groups is 1. The second kappa shape index (κ2) is 5.89. The van der Waals surface area contributed by atoms with Gasteiger partial charge in [-0.2, -0.15) is 5.10 Å². The second-order valence-corrected chi connectivity index (χ2v) is 6.55. The summed E-state index contributed by atoms with van der Waals surface area (Å²) in [5.74, 6) is 0.411. The van der Waals surface area contributed by atoms with Crippen molar-refractivity contribution < 1.29 is 4.79 Å². The van der Waals surface area contributed by atoms with E-state index in [4.69, 9.17) is 0 Å². The fourth-order valence-corrected chi connectivity index (χ4v) is 3.34. The van der Waals surface area contributed by atoms with Gasteiger partial charge in [0.05, 0.1) is 5.69 Å². The molecule has 0 radical (unpaired) electrons. The summed E-state index contributed by atoms with van der Waals surface area (Å²) in [6, 6.07) is 1.85. The van der Waals surface area contributed by atoms with Crippen LogP contribution in [-0.2, 0) is 19.4 Å². The van der Waals surface area contributed by atoms with Crippen LogP contribution in [0.3, 0.4) is 0 Å². The van der Waals surface area contributed by atoms with Crippen molar-refractivity contribution in [2.75, 3.05) is 5.32 Å². The third kappa shape index (κ3) is 2.74. The molecule has 0 aliphatic heterocycles. The Balaban J connectivity index is 1.58. The first-order valence-electron chi connectivity index (χ1n) is 8.67. The fraction of sp³-hybridized carbons (Fsp3) is 0.529. The van der Waals surface area contributed by atoms with Crippen LogP contribution >= 0.6 is 0 Å². The number of amides is 1. The minimum Gasteiger partial charge on any atom is -0.292 e. The molecular weight excluding hydrogens is 306 g/mol. The lowest BCUT2D eigenvalue weighted by Crippen LogP contribution is -2.25. The molecule has 2 N–H and O–H groups in total. The number of nitrogens with zero attached hydrogens (tertiary/aromatic N) is 3. The highest BCUT2D eigenvalue weighted by atomic mass is 16.2.